The van der Waals surface area contributed by atoms with Crippen molar-refractivity contribution < 1.29 is 19.1 Å². The monoisotopic (exact) mass is 515 g/mol. The van der Waals surface area contributed by atoms with Crippen molar-refractivity contribution in [2.75, 3.05) is 11.9 Å². The average Bonchev–Trinajstić information content (AvgIpc) is 3.44. The lowest BCUT2D eigenvalue weighted by Gasteiger charge is -2.34. The Morgan fingerprint density at radius 2 is 1.88 bits per heavy atom. The molecule has 2 bridgehead atoms. The molecule has 3 heterocycles. The van der Waals surface area contributed by atoms with E-state index in [1.807, 2.05) is 43.3 Å². The molecule has 3 fully saturated rings. The molecule has 7 nitrogen and oxygen atoms in total. The van der Waals surface area contributed by atoms with Gasteiger partial charge in [-0.15, -0.1) is 0 Å². The molecule has 0 radical (unpaired) electrons. The van der Waals surface area contributed by atoms with Crippen LogP contribution in [0.2, 0.25) is 0 Å². The normalized spacial score (nSPS) is 32.8. The molecule has 2 N–H and O–H groups in total. The predicted octanol–water partition coefficient (Wildman–Crippen LogP) is 3.40. The van der Waals surface area contributed by atoms with E-state index < -0.39 is 29.6 Å². The third kappa shape index (κ3) is 3.81. The van der Waals surface area contributed by atoms with Gasteiger partial charge in [0.1, 0.15) is 11.6 Å². The van der Waals surface area contributed by atoms with Gasteiger partial charge in [-0.25, -0.2) is 0 Å². The van der Waals surface area contributed by atoms with E-state index in [2.05, 4.69) is 26.6 Å². The van der Waals surface area contributed by atoms with Crippen LogP contribution in [0.15, 0.2) is 40.9 Å². The maximum Gasteiger partial charge on any atom is 0.246 e. The summed E-state index contributed by atoms with van der Waals surface area (Å²) in [6.45, 7) is 2.45. The van der Waals surface area contributed by atoms with Gasteiger partial charge in [-0.3, -0.25) is 14.4 Å². The number of ether oxygens (including phenoxy) is 1. The fourth-order valence-electron chi connectivity index (χ4n) is 6.03. The van der Waals surface area contributed by atoms with Gasteiger partial charge in [0, 0.05) is 22.7 Å². The fourth-order valence-corrected chi connectivity index (χ4v) is 6.30. The fraction of sp³-hybridized carbons (Fsp3) is 0.560. The number of hydrogen-bond donors (Lipinski definition) is 2. The van der Waals surface area contributed by atoms with E-state index in [0.29, 0.717) is 12.2 Å². The van der Waals surface area contributed by atoms with E-state index in [1.54, 1.807) is 4.90 Å². The van der Waals surface area contributed by atoms with Crippen LogP contribution in [0.5, 0.6) is 0 Å². The van der Waals surface area contributed by atoms with Crippen LogP contribution in [0.4, 0.5) is 5.69 Å². The Kier molecular flexibility index (Phi) is 6.07. The summed E-state index contributed by atoms with van der Waals surface area (Å²) in [6, 6.07) is 6.71. The first-order chi connectivity index (χ1) is 15.9. The number of anilines is 1. The lowest BCUT2D eigenvalue weighted by atomic mass is 9.74. The van der Waals surface area contributed by atoms with E-state index >= 15 is 0 Å². The van der Waals surface area contributed by atoms with Gasteiger partial charge < -0.3 is 20.3 Å². The van der Waals surface area contributed by atoms with Crippen molar-refractivity contribution in [1.29, 1.82) is 0 Å². The molecule has 2 saturated heterocycles. The largest absolute Gasteiger partial charge is 0.359 e. The molecule has 1 saturated carbocycles. The Balaban J connectivity index is 1.41. The number of nitrogens with one attached hydrogen (secondary N) is 2. The van der Waals surface area contributed by atoms with E-state index in [-0.39, 0.29) is 23.8 Å². The first kappa shape index (κ1) is 22.6. The van der Waals surface area contributed by atoms with Gasteiger partial charge in [0.15, 0.2) is 0 Å². The maximum absolute atomic E-state index is 13.6. The number of amides is 3. The Bertz CT molecular complexity index is 974. The summed E-state index contributed by atoms with van der Waals surface area (Å²) in [5.41, 5.74) is -0.427. The number of rotatable bonds is 6. The number of benzene rings is 1. The molecule has 1 aromatic rings. The van der Waals surface area contributed by atoms with Crippen LogP contribution in [0.3, 0.4) is 0 Å². The Morgan fingerprint density at radius 3 is 2.58 bits per heavy atom. The molecule has 1 aliphatic carbocycles. The minimum atomic E-state index is -1.09. The van der Waals surface area contributed by atoms with Crippen molar-refractivity contribution in [2.24, 2.45) is 11.8 Å². The molecule has 4 aliphatic rings. The smallest absolute Gasteiger partial charge is 0.246 e. The van der Waals surface area contributed by atoms with E-state index in [9.17, 15) is 14.4 Å². The zero-order valence-corrected chi connectivity index (χ0v) is 20.3. The van der Waals surface area contributed by atoms with Crippen molar-refractivity contribution in [1.82, 2.24) is 10.2 Å². The topological polar surface area (TPSA) is 87.7 Å². The molecule has 8 heteroatoms. The molecule has 5 atom stereocenters. The Labute approximate surface area is 202 Å². The lowest BCUT2D eigenvalue weighted by Crippen LogP contribution is -2.56. The third-order valence-electron chi connectivity index (χ3n) is 7.45. The quantitative estimate of drug-likeness (QED) is 0.568. The number of hydrogen-bond acceptors (Lipinski definition) is 4. The first-order valence-electron chi connectivity index (χ1n) is 12.0. The molecular formula is C25H30BrN3O4. The maximum atomic E-state index is 13.6. The second-order valence-corrected chi connectivity index (χ2v) is 10.5. The van der Waals surface area contributed by atoms with Crippen LogP contribution in [-0.2, 0) is 19.1 Å². The highest BCUT2D eigenvalue weighted by atomic mass is 79.9. The number of fused-ring (bicyclic) bond motifs is 1. The Hall–Kier alpha value is -2.19. The van der Waals surface area contributed by atoms with Crippen LogP contribution in [-0.4, -0.2) is 53.0 Å². The van der Waals surface area contributed by atoms with E-state index in [0.717, 1.165) is 36.6 Å². The van der Waals surface area contributed by atoms with Crippen molar-refractivity contribution in [2.45, 2.75) is 69.2 Å². The number of likely N-dealkylation sites (tertiary alicyclic amines) is 1. The van der Waals surface area contributed by atoms with Crippen LogP contribution in [0.1, 0.15) is 45.4 Å². The molecule has 5 unspecified atom stereocenters. The lowest BCUT2D eigenvalue weighted by molar-refractivity contribution is -0.141. The van der Waals surface area contributed by atoms with Gasteiger partial charge in [-0.1, -0.05) is 54.3 Å². The zero-order chi connectivity index (χ0) is 23.2. The Morgan fingerprint density at radius 1 is 1.15 bits per heavy atom. The summed E-state index contributed by atoms with van der Waals surface area (Å²) >= 11 is 3.40. The van der Waals surface area contributed by atoms with Crippen LogP contribution < -0.4 is 10.6 Å². The molecule has 3 amide bonds. The number of nitrogens with zero attached hydrogens (tertiary/aromatic N) is 1. The highest BCUT2D eigenvalue weighted by Crippen LogP contribution is 2.55. The second kappa shape index (κ2) is 8.87. The predicted molar refractivity (Wildman–Crippen MR) is 127 cm³/mol. The SMILES string of the molecule is CCCN1C(=O)C2C(C(=O)Nc3ccc(Br)cc3)C3C=CC2(O3)C1C(=O)NC1CCCCC1. The second-order valence-electron chi connectivity index (χ2n) is 9.57. The van der Waals surface area contributed by atoms with Gasteiger partial charge in [0.2, 0.25) is 17.7 Å². The molecule has 1 spiro atoms. The summed E-state index contributed by atoms with van der Waals surface area (Å²) in [6.07, 6.45) is 9.28. The molecule has 3 aliphatic heterocycles. The molecule has 33 heavy (non-hydrogen) atoms. The molecule has 0 aromatic heterocycles. The van der Waals surface area contributed by atoms with Crippen LogP contribution in [0.25, 0.3) is 0 Å². The molecule has 1 aromatic carbocycles. The highest BCUT2D eigenvalue weighted by molar-refractivity contribution is 9.10. The highest BCUT2D eigenvalue weighted by Gasteiger charge is 2.72. The number of carbonyl (C=O) groups excluding carboxylic acids is 3. The van der Waals surface area contributed by atoms with E-state index in [4.69, 9.17) is 4.74 Å². The van der Waals surface area contributed by atoms with Gasteiger partial charge >= 0.3 is 0 Å². The first-order valence-corrected chi connectivity index (χ1v) is 12.8. The summed E-state index contributed by atoms with van der Waals surface area (Å²) in [4.78, 5) is 42.1. The average molecular weight is 516 g/mol. The summed E-state index contributed by atoms with van der Waals surface area (Å²) in [5.74, 6) is -1.94. The van der Waals surface area contributed by atoms with Crippen LogP contribution >= 0.6 is 15.9 Å². The van der Waals surface area contributed by atoms with Gasteiger partial charge in [-0.2, -0.15) is 0 Å². The summed E-state index contributed by atoms with van der Waals surface area (Å²) in [7, 11) is 0. The van der Waals surface area contributed by atoms with Gasteiger partial charge in [0.25, 0.3) is 0 Å². The number of carbonyl (C=O) groups is 3. The zero-order valence-electron chi connectivity index (χ0n) is 18.8. The van der Waals surface area contributed by atoms with Gasteiger partial charge in [-0.05, 0) is 43.5 Å². The third-order valence-corrected chi connectivity index (χ3v) is 7.98. The minimum Gasteiger partial charge on any atom is -0.359 e. The van der Waals surface area contributed by atoms with Gasteiger partial charge in [0.05, 0.1) is 17.9 Å². The van der Waals surface area contributed by atoms with E-state index in [1.165, 1.54) is 6.42 Å². The minimum absolute atomic E-state index is 0.138. The summed E-state index contributed by atoms with van der Waals surface area (Å²) in [5, 5.41) is 6.13. The molecular weight excluding hydrogens is 486 g/mol. The standard InChI is InChI=1S/C25H30BrN3O4/c1-2-14-29-21(23(31)28-16-6-4-3-5-7-16)25-13-12-18(33-25)19(20(25)24(29)32)22(30)27-17-10-8-15(26)9-11-17/h8-13,16,18-21H,2-7,14H2,1H3,(H,27,30)(H,28,31). The molecule has 176 valence electrons. The van der Waals surface area contributed by atoms with Crippen molar-refractivity contribution >= 4 is 39.3 Å². The van der Waals surface area contributed by atoms with Crippen LogP contribution in [0, 0.1) is 11.8 Å². The number of halogens is 1. The van der Waals surface area contributed by atoms with Crippen molar-refractivity contribution in [3.05, 3.63) is 40.9 Å². The van der Waals surface area contributed by atoms with Crippen molar-refractivity contribution in [3.8, 4) is 0 Å². The summed E-state index contributed by atoms with van der Waals surface area (Å²) < 4.78 is 7.26. The molecule has 5 rings (SSSR count). The van der Waals surface area contributed by atoms with Crippen molar-refractivity contribution in [3.63, 3.8) is 0 Å².